The molecule has 0 spiro atoms. The fourth-order valence-corrected chi connectivity index (χ4v) is 4.06. The highest BCUT2D eigenvalue weighted by Gasteiger charge is 2.21. The molecule has 1 aliphatic carbocycles. The second kappa shape index (κ2) is 7.45. The third-order valence-electron chi connectivity index (χ3n) is 4.42. The summed E-state index contributed by atoms with van der Waals surface area (Å²) in [6.07, 6.45) is 6.41. The van der Waals surface area contributed by atoms with Gasteiger partial charge in [-0.15, -0.1) is 11.3 Å². The fraction of sp³-hybridized carbons (Fsp3) is 0.444. The minimum Gasteiger partial charge on any atom is -0.340 e. The van der Waals surface area contributed by atoms with E-state index >= 15 is 0 Å². The molecule has 1 heterocycles. The van der Waals surface area contributed by atoms with Gasteiger partial charge < -0.3 is 4.90 Å². The molecule has 1 saturated carbocycles. The maximum Gasteiger partial charge on any atom is 0.273 e. The molecule has 0 atom stereocenters. The summed E-state index contributed by atoms with van der Waals surface area (Å²) in [5.41, 5.74) is 1.53. The average molecular weight is 349 g/mol. The molecule has 0 unspecified atom stereocenters. The lowest BCUT2D eigenvalue weighted by atomic mass is 9.89. The van der Waals surface area contributed by atoms with E-state index in [2.05, 4.69) is 4.98 Å². The van der Waals surface area contributed by atoms with Crippen LogP contribution >= 0.6 is 22.9 Å². The summed E-state index contributed by atoms with van der Waals surface area (Å²) in [6, 6.07) is 7.55. The Labute approximate surface area is 146 Å². The van der Waals surface area contributed by atoms with Gasteiger partial charge in [0.25, 0.3) is 5.91 Å². The second-order valence-corrected chi connectivity index (χ2v) is 7.53. The van der Waals surface area contributed by atoms with Crippen LogP contribution in [0, 0.1) is 5.92 Å². The molecule has 0 saturated heterocycles. The highest BCUT2D eigenvalue weighted by Crippen LogP contribution is 2.27. The van der Waals surface area contributed by atoms with Gasteiger partial charge in [0.1, 0.15) is 10.7 Å². The lowest BCUT2D eigenvalue weighted by Gasteiger charge is -2.26. The minimum absolute atomic E-state index is 0.0204. The molecule has 23 heavy (non-hydrogen) atoms. The van der Waals surface area contributed by atoms with Crippen molar-refractivity contribution in [3.05, 3.63) is 40.4 Å². The predicted molar refractivity (Wildman–Crippen MR) is 96.1 cm³/mol. The van der Waals surface area contributed by atoms with Crippen molar-refractivity contribution in [1.29, 1.82) is 0 Å². The number of nitrogens with zero attached hydrogens (tertiary/aromatic N) is 2. The van der Waals surface area contributed by atoms with Gasteiger partial charge in [-0.1, -0.05) is 43.0 Å². The van der Waals surface area contributed by atoms with Crippen LogP contribution in [0.15, 0.2) is 29.6 Å². The van der Waals surface area contributed by atoms with E-state index in [0.717, 1.165) is 17.1 Å². The van der Waals surface area contributed by atoms with Crippen LogP contribution < -0.4 is 0 Å². The molecule has 1 amide bonds. The maximum atomic E-state index is 12.6. The first kappa shape index (κ1) is 16.5. The van der Waals surface area contributed by atoms with E-state index in [-0.39, 0.29) is 5.91 Å². The number of hydrogen-bond donors (Lipinski definition) is 0. The lowest BCUT2D eigenvalue weighted by Crippen LogP contribution is -2.32. The molecule has 122 valence electrons. The SMILES string of the molecule is CN(CC1CCCCC1)C(=O)c1csc(-c2ccc(Cl)cc2)n1. The summed E-state index contributed by atoms with van der Waals surface area (Å²) in [7, 11) is 1.89. The smallest absolute Gasteiger partial charge is 0.273 e. The first-order valence-corrected chi connectivity index (χ1v) is 9.36. The van der Waals surface area contributed by atoms with E-state index in [4.69, 9.17) is 11.6 Å². The van der Waals surface area contributed by atoms with Gasteiger partial charge in [-0.3, -0.25) is 4.79 Å². The number of halogens is 1. The van der Waals surface area contributed by atoms with Crippen LogP contribution in [-0.2, 0) is 0 Å². The topological polar surface area (TPSA) is 33.2 Å². The Balaban J connectivity index is 1.66. The summed E-state index contributed by atoms with van der Waals surface area (Å²) in [6.45, 7) is 0.840. The Kier molecular flexibility index (Phi) is 5.34. The molecule has 3 rings (SSSR count). The van der Waals surface area contributed by atoms with Gasteiger partial charge in [-0.25, -0.2) is 4.98 Å². The van der Waals surface area contributed by atoms with Gasteiger partial charge in [0.15, 0.2) is 0 Å². The van der Waals surface area contributed by atoms with E-state index in [0.29, 0.717) is 16.6 Å². The first-order chi connectivity index (χ1) is 11.1. The number of carbonyl (C=O) groups excluding carboxylic acids is 1. The van der Waals surface area contributed by atoms with Gasteiger partial charge >= 0.3 is 0 Å². The van der Waals surface area contributed by atoms with Crippen LogP contribution in [0.25, 0.3) is 10.6 Å². The Morgan fingerprint density at radius 2 is 1.96 bits per heavy atom. The molecular weight excluding hydrogens is 328 g/mol. The molecule has 0 aliphatic heterocycles. The fourth-order valence-electron chi connectivity index (χ4n) is 3.13. The van der Waals surface area contributed by atoms with Gasteiger partial charge in [-0.05, 0) is 30.9 Å². The van der Waals surface area contributed by atoms with Crippen LogP contribution in [-0.4, -0.2) is 29.4 Å². The van der Waals surface area contributed by atoms with Crippen molar-refractivity contribution in [3.63, 3.8) is 0 Å². The molecule has 0 radical (unpaired) electrons. The van der Waals surface area contributed by atoms with Crippen LogP contribution in [0.2, 0.25) is 5.02 Å². The third-order valence-corrected chi connectivity index (χ3v) is 5.56. The number of benzene rings is 1. The van der Waals surface area contributed by atoms with Crippen molar-refractivity contribution >= 4 is 28.8 Å². The predicted octanol–water partition coefficient (Wildman–Crippen LogP) is 5.12. The number of rotatable bonds is 4. The largest absolute Gasteiger partial charge is 0.340 e. The number of hydrogen-bond acceptors (Lipinski definition) is 3. The molecule has 0 bridgehead atoms. The van der Waals surface area contributed by atoms with E-state index in [1.165, 1.54) is 43.4 Å². The van der Waals surface area contributed by atoms with Crippen molar-refractivity contribution in [2.75, 3.05) is 13.6 Å². The molecule has 1 aromatic carbocycles. The third kappa shape index (κ3) is 4.12. The van der Waals surface area contributed by atoms with Gasteiger partial charge in [0, 0.05) is 29.6 Å². The Hall–Kier alpha value is -1.39. The highest BCUT2D eigenvalue weighted by atomic mass is 35.5. The molecule has 2 aromatic rings. The van der Waals surface area contributed by atoms with Crippen LogP contribution in [0.5, 0.6) is 0 Å². The van der Waals surface area contributed by atoms with Crippen molar-refractivity contribution in [2.24, 2.45) is 5.92 Å². The zero-order chi connectivity index (χ0) is 16.2. The van der Waals surface area contributed by atoms with Gasteiger partial charge in [0.2, 0.25) is 0 Å². The van der Waals surface area contributed by atoms with Crippen molar-refractivity contribution < 1.29 is 4.79 Å². The maximum absolute atomic E-state index is 12.6. The highest BCUT2D eigenvalue weighted by molar-refractivity contribution is 7.13. The zero-order valence-corrected chi connectivity index (χ0v) is 14.9. The second-order valence-electron chi connectivity index (χ2n) is 6.23. The standard InChI is InChI=1S/C18H21ClN2OS/c1-21(11-13-5-3-2-4-6-13)18(22)16-12-23-17(20-16)14-7-9-15(19)10-8-14/h7-10,12-13H,2-6,11H2,1H3. The van der Waals surface area contributed by atoms with Gasteiger partial charge in [-0.2, -0.15) is 0 Å². The Morgan fingerprint density at radius 1 is 1.26 bits per heavy atom. The summed E-state index contributed by atoms with van der Waals surface area (Å²) in [4.78, 5) is 18.9. The Bertz CT molecular complexity index is 662. The molecular formula is C18H21ClN2OS. The molecule has 1 fully saturated rings. The molecule has 1 aliphatic rings. The summed E-state index contributed by atoms with van der Waals surface area (Å²) < 4.78 is 0. The monoisotopic (exact) mass is 348 g/mol. The average Bonchev–Trinajstić information content (AvgIpc) is 3.05. The van der Waals surface area contributed by atoms with Crippen molar-refractivity contribution in [3.8, 4) is 10.6 Å². The van der Waals surface area contributed by atoms with E-state index in [9.17, 15) is 4.79 Å². The molecule has 5 heteroatoms. The first-order valence-electron chi connectivity index (χ1n) is 8.10. The quantitative estimate of drug-likeness (QED) is 0.768. The number of aromatic nitrogens is 1. The lowest BCUT2D eigenvalue weighted by molar-refractivity contribution is 0.0755. The normalized spacial score (nSPS) is 15.6. The minimum atomic E-state index is 0.0204. The van der Waals surface area contributed by atoms with Crippen LogP contribution in [0.1, 0.15) is 42.6 Å². The summed E-state index contributed by atoms with van der Waals surface area (Å²) in [5, 5.41) is 3.41. The number of carbonyl (C=O) groups is 1. The Morgan fingerprint density at radius 3 is 2.65 bits per heavy atom. The van der Waals surface area contributed by atoms with Gasteiger partial charge in [0.05, 0.1) is 0 Å². The molecule has 1 aromatic heterocycles. The summed E-state index contributed by atoms with van der Waals surface area (Å²) in [5.74, 6) is 0.666. The molecule has 3 nitrogen and oxygen atoms in total. The van der Waals surface area contributed by atoms with Crippen molar-refractivity contribution in [1.82, 2.24) is 9.88 Å². The van der Waals surface area contributed by atoms with E-state index < -0.39 is 0 Å². The zero-order valence-electron chi connectivity index (χ0n) is 13.3. The van der Waals surface area contributed by atoms with Crippen LogP contribution in [0.3, 0.4) is 0 Å². The number of amides is 1. The summed E-state index contributed by atoms with van der Waals surface area (Å²) >= 11 is 7.41. The van der Waals surface area contributed by atoms with Crippen LogP contribution in [0.4, 0.5) is 0 Å². The van der Waals surface area contributed by atoms with E-state index in [1.807, 2.05) is 41.6 Å². The van der Waals surface area contributed by atoms with E-state index in [1.54, 1.807) is 0 Å². The van der Waals surface area contributed by atoms with Crippen molar-refractivity contribution in [2.45, 2.75) is 32.1 Å². The molecule has 0 N–H and O–H groups in total. The number of thiazole rings is 1.